The molecule has 0 fully saturated rings. The smallest absolute Gasteiger partial charge is 0.337 e. The highest BCUT2D eigenvalue weighted by molar-refractivity contribution is 7.90. The normalized spacial score (nSPS) is 12.1. The highest BCUT2D eigenvalue weighted by Crippen LogP contribution is 2.29. The number of amidine groups is 1. The molecule has 1 rings (SSSR count). The third-order valence-corrected chi connectivity index (χ3v) is 4.61. The van der Waals surface area contributed by atoms with Crippen molar-refractivity contribution in [2.45, 2.75) is 18.4 Å². The maximum atomic E-state index is 11.9. The Morgan fingerprint density at radius 3 is 2.50 bits per heavy atom. The van der Waals surface area contributed by atoms with Crippen LogP contribution in [0.5, 0.6) is 0 Å². The van der Waals surface area contributed by atoms with Crippen molar-refractivity contribution < 1.29 is 23.2 Å². The number of oxime groups is 1. The van der Waals surface area contributed by atoms with Crippen LogP contribution >= 0.6 is 11.6 Å². The van der Waals surface area contributed by atoms with E-state index in [1.54, 1.807) is 18.9 Å². The number of carboxylic acid groups (broad SMARTS) is 1. The van der Waals surface area contributed by atoms with Gasteiger partial charge in [0.25, 0.3) is 0 Å². The van der Waals surface area contributed by atoms with Gasteiger partial charge in [0.15, 0.2) is 9.84 Å². The molecule has 0 saturated carbocycles. The summed E-state index contributed by atoms with van der Waals surface area (Å²) in [7, 11) is -0.511. The Balaban J connectivity index is 3.45. The molecular formula is C13H17ClN2O5S. The number of hydrogen-bond acceptors (Lipinski definition) is 5. The largest absolute Gasteiger partial charge is 0.478 e. The molecule has 0 aliphatic carbocycles. The first-order chi connectivity index (χ1) is 10.1. The second-order valence-corrected chi connectivity index (χ2v) is 7.02. The SMILES string of the molecule is CON=C(C)N(C)Cc1c(S(C)(=O)=O)ccc(C(=O)O)c1Cl. The molecular weight excluding hydrogens is 332 g/mol. The van der Waals surface area contributed by atoms with Gasteiger partial charge in [0.2, 0.25) is 0 Å². The highest BCUT2D eigenvalue weighted by Gasteiger charge is 2.22. The lowest BCUT2D eigenvalue weighted by atomic mass is 10.1. The third-order valence-electron chi connectivity index (χ3n) is 3.00. The number of hydrogen-bond donors (Lipinski definition) is 1. The molecule has 0 saturated heterocycles. The van der Waals surface area contributed by atoms with Gasteiger partial charge in [-0.1, -0.05) is 16.8 Å². The minimum atomic E-state index is -3.56. The van der Waals surface area contributed by atoms with E-state index in [2.05, 4.69) is 9.99 Å². The lowest BCUT2D eigenvalue weighted by Gasteiger charge is -2.21. The Bertz CT molecular complexity index is 715. The lowest BCUT2D eigenvalue weighted by molar-refractivity contribution is 0.0696. The average Bonchev–Trinajstić information content (AvgIpc) is 2.39. The van der Waals surface area contributed by atoms with Crippen LogP contribution in [0.25, 0.3) is 0 Å². The van der Waals surface area contributed by atoms with Crippen LogP contribution in [0, 0.1) is 0 Å². The number of halogens is 1. The van der Waals surface area contributed by atoms with E-state index in [9.17, 15) is 13.2 Å². The summed E-state index contributed by atoms with van der Waals surface area (Å²) in [6, 6.07) is 2.43. The van der Waals surface area contributed by atoms with E-state index in [1.807, 2.05) is 0 Å². The summed E-state index contributed by atoms with van der Waals surface area (Å²) < 4.78 is 23.8. The van der Waals surface area contributed by atoms with Crippen LogP contribution < -0.4 is 0 Å². The minimum Gasteiger partial charge on any atom is -0.478 e. The molecule has 0 radical (unpaired) electrons. The van der Waals surface area contributed by atoms with Crippen LogP contribution in [0.4, 0.5) is 0 Å². The molecule has 1 N–H and O–H groups in total. The molecule has 9 heteroatoms. The summed E-state index contributed by atoms with van der Waals surface area (Å²) in [5, 5.41) is 12.7. The zero-order valence-corrected chi connectivity index (χ0v) is 14.2. The lowest BCUT2D eigenvalue weighted by Crippen LogP contribution is -2.25. The topological polar surface area (TPSA) is 96.3 Å². The van der Waals surface area contributed by atoms with Gasteiger partial charge in [-0.05, 0) is 19.1 Å². The summed E-state index contributed by atoms with van der Waals surface area (Å²) in [4.78, 5) is 17.4. The van der Waals surface area contributed by atoms with E-state index in [1.165, 1.54) is 19.2 Å². The van der Waals surface area contributed by atoms with E-state index in [0.717, 1.165) is 6.26 Å². The number of nitrogens with zero attached hydrogens (tertiary/aromatic N) is 2. The maximum absolute atomic E-state index is 11.9. The standard InChI is InChI=1S/C13H17ClN2O5S/c1-8(15-21-3)16(2)7-10-11(22(4,19)20)6-5-9(12(10)14)13(17)18/h5-6H,7H2,1-4H3,(H,17,18). The molecule has 0 aliphatic heterocycles. The van der Waals surface area contributed by atoms with Gasteiger partial charge >= 0.3 is 5.97 Å². The monoisotopic (exact) mass is 348 g/mol. The molecule has 0 aliphatic rings. The van der Waals surface area contributed by atoms with Crippen molar-refractivity contribution in [1.82, 2.24) is 4.90 Å². The van der Waals surface area contributed by atoms with E-state index in [4.69, 9.17) is 16.7 Å². The molecule has 0 heterocycles. The van der Waals surface area contributed by atoms with Gasteiger partial charge in [-0.15, -0.1) is 0 Å². The van der Waals surface area contributed by atoms with Crippen LogP contribution in [0.1, 0.15) is 22.8 Å². The summed E-state index contributed by atoms with van der Waals surface area (Å²) in [6.45, 7) is 1.74. The number of carbonyl (C=O) groups is 1. The van der Waals surface area contributed by atoms with Gasteiger partial charge in [0.1, 0.15) is 12.9 Å². The van der Waals surface area contributed by atoms with Crippen molar-refractivity contribution >= 4 is 33.2 Å². The van der Waals surface area contributed by atoms with Crippen molar-refractivity contribution in [2.75, 3.05) is 20.4 Å². The molecule has 7 nitrogen and oxygen atoms in total. The molecule has 0 unspecified atom stereocenters. The van der Waals surface area contributed by atoms with Crippen molar-refractivity contribution in [3.05, 3.63) is 28.3 Å². The van der Waals surface area contributed by atoms with Crippen molar-refractivity contribution in [1.29, 1.82) is 0 Å². The van der Waals surface area contributed by atoms with Gasteiger partial charge in [0.05, 0.1) is 15.5 Å². The van der Waals surface area contributed by atoms with Crippen LogP contribution in [-0.4, -0.2) is 50.6 Å². The molecule has 0 bridgehead atoms. The van der Waals surface area contributed by atoms with Gasteiger partial charge in [-0.25, -0.2) is 13.2 Å². The number of sulfone groups is 1. The fourth-order valence-electron chi connectivity index (χ4n) is 1.82. The van der Waals surface area contributed by atoms with Crippen LogP contribution in [0.3, 0.4) is 0 Å². The molecule has 1 aromatic carbocycles. The second-order valence-electron chi connectivity index (χ2n) is 4.66. The van der Waals surface area contributed by atoms with Crippen LogP contribution in [0.15, 0.2) is 22.2 Å². The van der Waals surface area contributed by atoms with Gasteiger partial charge in [-0.2, -0.15) is 0 Å². The quantitative estimate of drug-likeness (QED) is 0.495. The Morgan fingerprint density at radius 2 is 2.05 bits per heavy atom. The van der Waals surface area contributed by atoms with E-state index < -0.39 is 15.8 Å². The summed E-state index contributed by atoms with van der Waals surface area (Å²) in [6.07, 6.45) is 1.04. The van der Waals surface area contributed by atoms with Crippen LogP contribution in [0.2, 0.25) is 5.02 Å². The molecule has 122 valence electrons. The first-order valence-electron chi connectivity index (χ1n) is 6.13. The zero-order valence-electron chi connectivity index (χ0n) is 12.6. The predicted octanol–water partition coefficient (Wildman–Crippen LogP) is 1.85. The second kappa shape index (κ2) is 6.97. The van der Waals surface area contributed by atoms with Crippen molar-refractivity contribution in [2.24, 2.45) is 5.16 Å². The first-order valence-corrected chi connectivity index (χ1v) is 8.40. The van der Waals surface area contributed by atoms with E-state index in [-0.39, 0.29) is 27.6 Å². The van der Waals surface area contributed by atoms with Gasteiger partial charge in [0, 0.05) is 25.4 Å². The minimum absolute atomic E-state index is 0.0143. The summed E-state index contributed by atoms with van der Waals surface area (Å²) >= 11 is 6.10. The van der Waals surface area contributed by atoms with Crippen LogP contribution in [-0.2, 0) is 21.2 Å². The highest BCUT2D eigenvalue weighted by atomic mass is 35.5. The Labute approximate surface area is 134 Å². The van der Waals surface area contributed by atoms with Gasteiger partial charge in [-0.3, -0.25) is 0 Å². The van der Waals surface area contributed by atoms with Crippen molar-refractivity contribution in [3.8, 4) is 0 Å². The average molecular weight is 349 g/mol. The first kappa shape index (κ1) is 18.2. The molecule has 22 heavy (non-hydrogen) atoms. The summed E-state index contributed by atoms with van der Waals surface area (Å²) in [5.41, 5.74) is 0.0519. The van der Waals surface area contributed by atoms with E-state index in [0.29, 0.717) is 5.84 Å². The predicted molar refractivity (Wildman–Crippen MR) is 83.1 cm³/mol. The van der Waals surface area contributed by atoms with E-state index >= 15 is 0 Å². The molecule has 0 aromatic heterocycles. The molecule has 0 spiro atoms. The maximum Gasteiger partial charge on any atom is 0.337 e. The number of benzene rings is 1. The zero-order chi connectivity index (χ0) is 17.1. The number of rotatable bonds is 5. The Kier molecular flexibility index (Phi) is 5.78. The third kappa shape index (κ3) is 4.11. The molecule has 0 atom stereocenters. The fourth-order valence-corrected chi connectivity index (χ4v) is 3.11. The Hall–Kier alpha value is -1.80. The molecule has 0 amide bonds. The number of aromatic carboxylic acids is 1. The fraction of sp³-hybridized carbons (Fsp3) is 0.385. The number of carboxylic acids is 1. The Morgan fingerprint density at radius 1 is 1.45 bits per heavy atom. The summed E-state index contributed by atoms with van der Waals surface area (Å²) in [5.74, 6) is -0.741. The molecule has 1 aromatic rings. The van der Waals surface area contributed by atoms with Gasteiger partial charge < -0.3 is 14.8 Å². The van der Waals surface area contributed by atoms with Crippen molar-refractivity contribution in [3.63, 3.8) is 0 Å².